The average Bonchev–Trinajstić information content (AvgIpc) is 2.31. The summed E-state index contributed by atoms with van der Waals surface area (Å²) >= 11 is 6.30. The summed E-state index contributed by atoms with van der Waals surface area (Å²) in [6.07, 6.45) is 0.763. The van der Waals surface area contributed by atoms with E-state index in [9.17, 15) is 0 Å². The fourth-order valence-corrected chi connectivity index (χ4v) is 3.90. The van der Waals surface area contributed by atoms with Crippen molar-refractivity contribution in [2.24, 2.45) is 0 Å². The number of ether oxygens (including phenoxy) is 1. The smallest absolute Gasteiger partial charge is 0.113 e. The first-order valence-corrected chi connectivity index (χ1v) is 13.1. The predicted molar refractivity (Wildman–Crippen MR) is 93.6 cm³/mol. The molecular formula is C11H13I2O2PS. The lowest BCUT2D eigenvalue weighted by atomic mass is 10.1. The molecule has 0 radical (unpaired) electrons. The molecule has 2 nitrogen and oxygen atoms in total. The van der Waals surface area contributed by atoms with Crippen LogP contribution in [0.4, 0.5) is 0 Å². The molecule has 0 atom stereocenters. The molecule has 0 aliphatic carbocycles. The molecule has 0 fully saturated rings. The van der Waals surface area contributed by atoms with Crippen molar-refractivity contribution in [3.63, 3.8) is 0 Å². The highest BCUT2D eigenvalue weighted by Crippen LogP contribution is 2.65. The molecule has 0 spiro atoms. The molecule has 0 aromatic heterocycles. The van der Waals surface area contributed by atoms with Gasteiger partial charge < -0.3 is 8.92 Å². The monoisotopic (exact) mass is 494 g/mol. The van der Waals surface area contributed by atoms with Crippen LogP contribution in [0.3, 0.4) is 0 Å². The number of hydrogen-bond acceptors (Lipinski definition) is 3. The van der Waals surface area contributed by atoms with Gasteiger partial charge in [-0.2, -0.15) is 0 Å². The molecule has 0 aliphatic heterocycles. The quantitative estimate of drug-likeness (QED) is 0.211. The van der Waals surface area contributed by atoms with Crippen LogP contribution in [0.25, 0.3) is 0 Å². The summed E-state index contributed by atoms with van der Waals surface area (Å²) in [6.45, 7) is 4.46. The van der Waals surface area contributed by atoms with Crippen molar-refractivity contribution in [1.82, 2.24) is 0 Å². The SMILES string of the molecule is C=C(Cc1ccc(COSP(I)I)cc1)OC. The molecule has 6 heteroatoms. The second kappa shape index (κ2) is 8.96. The zero-order valence-corrected chi connectivity index (χ0v) is 15.4. The van der Waals surface area contributed by atoms with Crippen LogP contribution in [0.2, 0.25) is 0 Å². The van der Waals surface area contributed by atoms with Crippen LogP contribution in [-0.2, 0) is 21.9 Å². The lowest BCUT2D eigenvalue weighted by molar-refractivity contribution is 0.285. The first kappa shape index (κ1) is 16.0. The lowest BCUT2D eigenvalue weighted by Crippen LogP contribution is -1.92. The Morgan fingerprint density at radius 1 is 1.29 bits per heavy atom. The van der Waals surface area contributed by atoms with E-state index in [-0.39, 0.29) is 2.41 Å². The van der Waals surface area contributed by atoms with E-state index < -0.39 is 0 Å². The van der Waals surface area contributed by atoms with Crippen LogP contribution in [0.1, 0.15) is 11.1 Å². The molecule has 0 amide bonds. The Morgan fingerprint density at radius 2 is 1.88 bits per heavy atom. The Bertz CT molecular complexity index is 357. The summed E-state index contributed by atoms with van der Waals surface area (Å²) in [5.74, 6) is 0.782. The van der Waals surface area contributed by atoms with Gasteiger partial charge in [0.25, 0.3) is 0 Å². The van der Waals surface area contributed by atoms with Crippen molar-refractivity contribution in [2.45, 2.75) is 13.0 Å². The molecule has 0 saturated carbocycles. The Balaban J connectivity index is 2.42. The van der Waals surface area contributed by atoms with E-state index in [1.54, 1.807) is 18.8 Å². The number of rotatable bonds is 7. The number of halogens is 2. The average molecular weight is 494 g/mol. The first-order valence-electron chi connectivity index (χ1n) is 4.82. The Labute approximate surface area is 134 Å². The van der Waals surface area contributed by atoms with Gasteiger partial charge in [0, 0.05) is 18.1 Å². The molecule has 0 heterocycles. The van der Waals surface area contributed by atoms with E-state index >= 15 is 0 Å². The van der Waals surface area contributed by atoms with E-state index in [0.717, 1.165) is 12.2 Å². The largest absolute Gasteiger partial charge is 0.501 e. The Hall–Kier alpha value is 0.960. The topological polar surface area (TPSA) is 18.5 Å². The van der Waals surface area contributed by atoms with E-state index in [1.807, 2.05) is 0 Å². The Kier molecular flexibility index (Phi) is 8.44. The summed E-state index contributed by atoms with van der Waals surface area (Å²) in [5, 5.41) is 0. The fraction of sp³-hybridized carbons (Fsp3) is 0.273. The van der Waals surface area contributed by atoms with Crippen LogP contribution in [-0.4, -0.2) is 7.11 Å². The minimum absolute atomic E-state index is 0.111. The highest BCUT2D eigenvalue weighted by atomic mass is 127. The van der Waals surface area contributed by atoms with Gasteiger partial charge in [0.05, 0.1) is 19.5 Å². The molecule has 0 bridgehead atoms. The van der Waals surface area contributed by atoms with Crippen LogP contribution >= 0.6 is 58.2 Å². The minimum Gasteiger partial charge on any atom is -0.501 e. The van der Waals surface area contributed by atoms with Gasteiger partial charge in [-0.3, -0.25) is 0 Å². The minimum atomic E-state index is -0.111. The third-order valence-electron chi connectivity index (χ3n) is 2.05. The normalized spacial score (nSPS) is 10.6. The van der Waals surface area contributed by atoms with Crippen molar-refractivity contribution in [1.29, 1.82) is 0 Å². The summed E-state index contributed by atoms with van der Waals surface area (Å²) in [5.41, 5.74) is 2.40. The molecule has 1 rings (SSSR count). The highest BCUT2D eigenvalue weighted by Gasteiger charge is 2.01. The van der Waals surface area contributed by atoms with Crippen molar-refractivity contribution in [3.05, 3.63) is 47.7 Å². The molecule has 1 aromatic carbocycles. The molecule has 0 aliphatic rings. The van der Waals surface area contributed by atoms with Crippen LogP contribution < -0.4 is 0 Å². The molecule has 0 unspecified atom stereocenters. The Morgan fingerprint density at radius 3 is 2.41 bits per heavy atom. The number of hydrogen-bond donors (Lipinski definition) is 0. The number of allylic oxidation sites excluding steroid dienone is 1. The lowest BCUT2D eigenvalue weighted by Gasteiger charge is -2.06. The van der Waals surface area contributed by atoms with Crippen molar-refractivity contribution >= 4 is 58.2 Å². The van der Waals surface area contributed by atoms with E-state index in [2.05, 4.69) is 74.9 Å². The van der Waals surface area contributed by atoms with Crippen molar-refractivity contribution in [3.8, 4) is 0 Å². The first-order chi connectivity index (χ1) is 8.11. The van der Waals surface area contributed by atoms with E-state index in [1.165, 1.54) is 11.1 Å². The van der Waals surface area contributed by atoms with Gasteiger partial charge in [-0.15, -0.1) is 0 Å². The number of benzene rings is 1. The van der Waals surface area contributed by atoms with Gasteiger partial charge in [-0.1, -0.05) is 30.8 Å². The molecule has 94 valence electrons. The highest BCUT2D eigenvalue weighted by molar-refractivity contribution is 14.3. The van der Waals surface area contributed by atoms with Gasteiger partial charge in [-0.05, 0) is 55.2 Å². The van der Waals surface area contributed by atoms with Gasteiger partial charge in [0.2, 0.25) is 0 Å². The second-order valence-electron chi connectivity index (χ2n) is 3.27. The van der Waals surface area contributed by atoms with Crippen LogP contribution in [0.15, 0.2) is 36.6 Å². The van der Waals surface area contributed by atoms with E-state index in [0.29, 0.717) is 6.61 Å². The molecule has 0 saturated heterocycles. The van der Waals surface area contributed by atoms with Gasteiger partial charge in [0.1, 0.15) is 2.41 Å². The van der Waals surface area contributed by atoms with Gasteiger partial charge in [-0.25, -0.2) is 0 Å². The standard InChI is InChI=1S/C11H13I2O2PS/c1-9(14-2)7-10-3-5-11(6-4-10)8-15-17-16(12)13/h3-6H,1,7-8H2,2H3. The maximum Gasteiger partial charge on any atom is 0.113 e. The zero-order chi connectivity index (χ0) is 12.7. The summed E-state index contributed by atoms with van der Waals surface area (Å²) < 4.78 is 10.5. The fourth-order valence-electron chi connectivity index (χ4n) is 1.19. The maximum absolute atomic E-state index is 5.51. The van der Waals surface area contributed by atoms with Gasteiger partial charge >= 0.3 is 0 Å². The summed E-state index contributed by atoms with van der Waals surface area (Å²) in [4.78, 5) is 0. The maximum atomic E-state index is 5.51. The zero-order valence-electron chi connectivity index (χ0n) is 9.36. The summed E-state index contributed by atoms with van der Waals surface area (Å²) in [6, 6.07) is 8.35. The molecule has 0 N–H and O–H groups in total. The van der Waals surface area contributed by atoms with Crippen molar-refractivity contribution in [2.75, 3.05) is 7.11 Å². The third-order valence-corrected chi connectivity index (χ3v) is 5.93. The molecule has 17 heavy (non-hydrogen) atoms. The molecule has 1 aromatic rings. The van der Waals surface area contributed by atoms with Crippen LogP contribution in [0.5, 0.6) is 0 Å². The third kappa shape index (κ3) is 7.20. The second-order valence-corrected chi connectivity index (χ2v) is 20.9. The van der Waals surface area contributed by atoms with Gasteiger partial charge in [0.15, 0.2) is 0 Å². The molecular weight excluding hydrogens is 481 g/mol. The predicted octanol–water partition coefficient (Wildman–Crippen LogP) is 5.65. The van der Waals surface area contributed by atoms with Crippen molar-refractivity contribution < 1.29 is 8.92 Å². The van der Waals surface area contributed by atoms with Crippen LogP contribution in [0, 0.1) is 0 Å². The summed E-state index contributed by atoms with van der Waals surface area (Å²) in [7, 11) is 1.65. The van der Waals surface area contributed by atoms with E-state index in [4.69, 9.17) is 8.92 Å². The number of methoxy groups -OCH3 is 1.